The smallest absolute Gasteiger partial charge is 0.320 e. The van der Waals surface area contributed by atoms with Crippen LogP contribution >= 0.6 is 0 Å². The number of allylic oxidation sites excluding steroid dienone is 1. The van der Waals surface area contributed by atoms with Gasteiger partial charge in [0.2, 0.25) is 5.75 Å². The summed E-state index contributed by atoms with van der Waals surface area (Å²) in [6, 6.07) is 14.2. The van der Waals surface area contributed by atoms with Crippen LogP contribution in [-0.2, 0) is 9.59 Å². The third kappa shape index (κ3) is 3.79. The zero-order valence-corrected chi connectivity index (χ0v) is 20.5. The van der Waals surface area contributed by atoms with Crippen molar-refractivity contribution in [1.29, 1.82) is 0 Å². The van der Waals surface area contributed by atoms with Gasteiger partial charge in [-0.25, -0.2) is 0 Å². The Morgan fingerprint density at radius 3 is 2.56 bits per heavy atom. The van der Waals surface area contributed by atoms with Crippen LogP contribution in [0.4, 0.5) is 11.4 Å². The molecule has 3 aromatic carbocycles. The molecule has 8 nitrogen and oxygen atoms in total. The molecule has 0 bridgehead atoms. The van der Waals surface area contributed by atoms with Crippen LogP contribution in [0.15, 0.2) is 54.1 Å². The maximum absolute atomic E-state index is 13.7. The fourth-order valence-electron chi connectivity index (χ4n) is 5.49. The van der Waals surface area contributed by atoms with Crippen LogP contribution in [-0.4, -0.2) is 23.8 Å². The number of nitrogens with one attached hydrogen (secondary N) is 1. The third-order valence-electron chi connectivity index (χ3n) is 6.82. The minimum absolute atomic E-state index is 0.0466. The number of hydrogen-bond donors (Lipinski definition) is 1. The normalized spacial score (nSPS) is 18.2. The summed E-state index contributed by atoms with van der Waals surface area (Å²) in [6.07, 6.45) is 0.990. The van der Waals surface area contributed by atoms with E-state index in [9.17, 15) is 19.7 Å². The van der Waals surface area contributed by atoms with Crippen LogP contribution < -0.4 is 14.8 Å². The highest BCUT2D eigenvalue weighted by atomic mass is 16.6. The molecule has 0 saturated carbocycles. The molecule has 2 aliphatic rings. The van der Waals surface area contributed by atoms with E-state index in [-0.39, 0.29) is 33.9 Å². The predicted octanol–water partition coefficient (Wildman–Crippen LogP) is 5.99. The largest absolute Gasteiger partial charge is 0.488 e. The lowest BCUT2D eigenvalue weighted by atomic mass is 9.67. The number of benzene rings is 3. The SMILES string of the molecule is COc1c(OC(C)=O)ccc([C@@H]2Nc3ccc4ccccc4c3C3=C2C(=O)CC(C)(C)C3)c1[N+](=O)[O-]. The van der Waals surface area contributed by atoms with Crippen molar-refractivity contribution in [2.75, 3.05) is 12.4 Å². The van der Waals surface area contributed by atoms with Gasteiger partial charge < -0.3 is 14.8 Å². The number of ether oxygens (including phenoxy) is 2. The van der Waals surface area contributed by atoms with Gasteiger partial charge in [-0.2, -0.15) is 0 Å². The highest BCUT2D eigenvalue weighted by Crippen LogP contribution is 2.54. The van der Waals surface area contributed by atoms with Crippen molar-refractivity contribution in [3.05, 3.63) is 75.3 Å². The van der Waals surface area contributed by atoms with Gasteiger partial charge in [0.25, 0.3) is 0 Å². The standard InChI is InChI=1S/C28H26N2O6/c1-15(31)36-22-12-10-18(26(30(33)34)27(22)35-4)25-24-19(13-28(2,3)14-21(24)32)23-17-8-6-5-7-16(17)9-11-20(23)29-25/h5-12,25,29H,13-14H2,1-4H3/t25-/m0/s1. The van der Waals surface area contributed by atoms with Crippen LogP contribution in [0.3, 0.4) is 0 Å². The molecule has 36 heavy (non-hydrogen) atoms. The van der Waals surface area contributed by atoms with Crippen molar-refractivity contribution in [3.8, 4) is 11.5 Å². The van der Waals surface area contributed by atoms with Crippen molar-refractivity contribution in [3.63, 3.8) is 0 Å². The quantitative estimate of drug-likeness (QED) is 0.209. The molecule has 1 aliphatic carbocycles. The average molecular weight is 487 g/mol. The maximum Gasteiger partial charge on any atom is 0.320 e. The Balaban J connectivity index is 1.80. The Morgan fingerprint density at radius 1 is 1.11 bits per heavy atom. The highest BCUT2D eigenvalue weighted by Gasteiger charge is 2.43. The second-order valence-corrected chi connectivity index (χ2v) is 10.0. The first-order valence-electron chi connectivity index (χ1n) is 11.7. The zero-order valence-electron chi connectivity index (χ0n) is 20.5. The minimum atomic E-state index is -0.766. The fraction of sp³-hybridized carbons (Fsp3) is 0.286. The first-order chi connectivity index (χ1) is 17.1. The second-order valence-electron chi connectivity index (χ2n) is 10.0. The summed E-state index contributed by atoms with van der Waals surface area (Å²) in [4.78, 5) is 37.0. The Labute approximate surface area is 208 Å². The molecule has 1 N–H and O–H groups in total. The summed E-state index contributed by atoms with van der Waals surface area (Å²) in [6.45, 7) is 5.34. The van der Waals surface area contributed by atoms with E-state index in [0.29, 0.717) is 18.4 Å². The van der Waals surface area contributed by atoms with Gasteiger partial charge in [-0.15, -0.1) is 0 Å². The van der Waals surface area contributed by atoms with Crippen LogP contribution in [0.1, 0.15) is 50.8 Å². The van der Waals surface area contributed by atoms with E-state index in [1.807, 2.05) is 36.4 Å². The van der Waals surface area contributed by atoms with E-state index in [0.717, 1.165) is 27.6 Å². The van der Waals surface area contributed by atoms with Gasteiger partial charge in [0.05, 0.1) is 23.6 Å². The van der Waals surface area contributed by atoms with E-state index in [4.69, 9.17) is 9.47 Å². The molecule has 0 spiro atoms. The van der Waals surface area contributed by atoms with Crippen molar-refractivity contribution in [2.24, 2.45) is 5.41 Å². The number of fused-ring (bicyclic) bond motifs is 4. The molecule has 8 heteroatoms. The van der Waals surface area contributed by atoms with Gasteiger partial charge in [0.1, 0.15) is 0 Å². The molecule has 1 heterocycles. The van der Waals surface area contributed by atoms with E-state index in [2.05, 4.69) is 19.2 Å². The Morgan fingerprint density at radius 2 is 1.86 bits per heavy atom. The van der Waals surface area contributed by atoms with Crippen LogP contribution in [0.5, 0.6) is 11.5 Å². The molecule has 0 saturated heterocycles. The number of nitro benzene ring substituents is 1. The third-order valence-corrected chi connectivity index (χ3v) is 6.82. The molecule has 1 aliphatic heterocycles. The van der Waals surface area contributed by atoms with Crippen molar-refractivity contribution >= 4 is 39.5 Å². The van der Waals surface area contributed by atoms with E-state index >= 15 is 0 Å². The number of methoxy groups -OCH3 is 1. The van der Waals surface area contributed by atoms with Gasteiger partial charge in [-0.1, -0.05) is 44.2 Å². The number of ketones is 1. The minimum Gasteiger partial charge on any atom is -0.488 e. The number of esters is 1. The number of anilines is 1. The van der Waals surface area contributed by atoms with Gasteiger partial charge in [-0.3, -0.25) is 19.7 Å². The molecule has 0 aromatic heterocycles. The highest BCUT2D eigenvalue weighted by molar-refractivity contribution is 6.13. The summed E-state index contributed by atoms with van der Waals surface area (Å²) < 4.78 is 10.5. The van der Waals surface area contributed by atoms with E-state index < -0.39 is 16.9 Å². The van der Waals surface area contributed by atoms with Crippen molar-refractivity contribution in [1.82, 2.24) is 0 Å². The van der Waals surface area contributed by atoms with Crippen LogP contribution in [0.2, 0.25) is 0 Å². The lowest BCUT2D eigenvalue weighted by Gasteiger charge is -2.40. The van der Waals surface area contributed by atoms with Crippen LogP contribution in [0.25, 0.3) is 16.3 Å². The molecule has 0 radical (unpaired) electrons. The second kappa shape index (κ2) is 8.48. The summed E-state index contributed by atoms with van der Waals surface area (Å²) in [5.74, 6) is -0.881. The molecule has 3 aromatic rings. The van der Waals surface area contributed by atoms with E-state index in [1.165, 1.54) is 26.2 Å². The maximum atomic E-state index is 13.7. The van der Waals surface area contributed by atoms with Crippen molar-refractivity contribution < 1.29 is 24.0 Å². The van der Waals surface area contributed by atoms with Gasteiger partial charge in [0, 0.05) is 30.2 Å². The lowest BCUT2D eigenvalue weighted by molar-refractivity contribution is -0.386. The topological polar surface area (TPSA) is 108 Å². The zero-order chi connectivity index (χ0) is 25.8. The molecular weight excluding hydrogens is 460 g/mol. The van der Waals surface area contributed by atoms with Crippen molar-refractivity contribution in [2.45, 2.75) is 39.7 Å². The lowest BCUT2D eigenvalue weighted by Crippen LogP contribution is -2.33. The van der Waals surface area contributed by atoms with Gasteiger partial charge in [0.15, 0.2) is 11.5 Å². The first kappa shape index (κ1) is 23.5. The summed E-state index contributed by atoms with van der Waals surface area (Å²) in [5, 5.41) is 17.8. The molecule has 1 atom stereocenters. The summed E-state index contributed by atoms with van der Waals surface area (Å²) in [7, 11) is 1.29. The Kier molecular flexibility index (Phi) is 5.54. The molecule has 5 rings (SSSR count). The number of rotatable bonds is 4. The first-order valence-corrected chi connectivity index (χ1v) is 11.7. The molecule has 0 amide bonds. The Bertz CT molecular complexity index is 1490. The number of carbonyl (C=O) groups is 2. The molecule has 0 unspecified atom stereocenters. The van der Waals surface area contributed by atoms with E-state index in [1.54, 1.807) is 0 Å². The summed E-state index contributed by atoms with van der Waals surface area (Å²) in [5.41, 5.74) is 2.88. The molecule has 0 fully saturated rings. The fourth-order valence-corrected chi connectivity index (χ4v) is 5.49. The summed E-state index contributed by atoms with van der Waals surface area (Å²) >= 11 is 0. The number of carbonyl (C=O) groups excluding carboxylic acids is 2. The predicted molar refractivity (Wildman–Crippen MR) is 136 cm³/mol. The van der Waals surface area contributed by atoms with Gasteiger partial charge in [-0.05, 0) is 46.4 Å². The molecular formula is C28H26N2O6. The Hall–Kier alpha value is -4.20. The number of hydrogen-bond acceptors (Lipinski definition) is 7. The average Bonchev–Trinajstić information content (AvgIpc) is 2.81. The van der Waals surface area contributed by atoms with Gasteiger partial charge >= 0.3 is 11.7 Å². The number of Topliss-reactive ketones (excluding diaryl/α,β-unsaturated/α-hetero) is 1. The number of nitro groups is 1. The molecule has 184 valence electrons. The number of nitrogens with zero attached hydrogens (tertiary/aromatic N) is 1. The van der Waals surface area contributed by atoms with Crippen LogP contribution in [0, 0.1) is 15.5 Å². The monoisotopic (exact) mass is 486 g/mol.